The van der Waals surface area contributed by atoms with Crippen LogP contribution in [0.2, 0.25) is 0 Å². The van der Waals surface area contributed by atoms with Gasteiger partial charge in [0.15, 0.2) is 0 Å². The van der Waals surface area contributed by atoms with Crippen LogP contribution in [0.25, 0.3) is 0 Å². The van der Waals surface area contributed by atoms with Gasteiger partial charge in [-0.15, -0.1) is 11.8 Å². The van der Waals surface area contributed by atoms with E-state index in [9.17, 15) is 14.6 Å². The Morgan fingerprint density at radius 3 is 2.53 bits per heavy atom. The van der Waals surface area contributed by atoms with E-state index in [1.165, 1.54) is 23.9 Å². The van der Waals surface area contributed by atoms with Crippen molar-refractivity contribution >= 4 is 11.8 Å². The Hall–Kier alpha value is -1.52. The molecule has 2 N–H and O–H groups in total. The second-order valence-electron chi connectivity index (χ2n) is 4.29. The zero-order valence-electron chi connectivity index (χ0n) is 10.3. The molecule has 0 aromatic heterocycles. The lowest BCUT2D eigenvalue weighted by atomic mass is 10.1. The van der Waals surface area contributed by atoms with E-state index in [2.05, 4.69) is 0 Å². The molecule has 19 heavy (non-hydrogen) atoms. The van der Waals surface area contributed by atoms with E-state index in [4.69, 9.17) is 0 Å². The Morgan fingerprint density at radius 2 is 1.84 bits per heavy atom. The largest absolute Gasteiger partial charge is 0.508 e. The maximum atomic E-state index is 12.7. The molecule has 100 valence electrons. The van der Waals surface area contributed by atoms with Crippen molar-refractivity contribution in [2.24, 2.45) is 0 Å². The predicted octanol–water partition coefficient (Wildman–Crippen LogP) is 3.23. The van der Waals surface area contributed by atoms with E-state index in [1.54, 1.807) is 30.3 Å². The Balaban J connectivity index is 1.84. The van der Waals surface area contributed by atoms with E-state index >= 15 is 0 Å². The van der Waals surface area contributed by atoms with Crippen LogP contribution in [0.5, 0.6) is 5.75 Å². The van der Waals surface area contributed by atoms with Gasteiger partial charge in [0.2, 0.25) is 0 Å². The van der Waals surface area contributed by atoms with Crippen molar-refractivity contribution in [3.63, 3.8) is 0 Å². The number of aromatic hydroxyl groups is 1. The monoisotopic (exact) mass is 278 g/mol. The van der Waals surface area contributed by atoms with Crippen LogP contribution in [0.4, 0.5) is 4.39 Å². The van der Waals surface area contributed by atoms with Crippen molar-refractivity contribution in [2.75, 3.05) is 5.75 Å². The number of hydrogen-bond donors (Lipinski definition) is 2. The van der Waals surface area contributed by atoms with Gasteiger partial charge in [-0.2, -0.15) is 0 Å². The van der Waals surface area contributed by atoms with Gasteiger partial charge >= 0.3 is 0 Å². The van der Waals surface area contributed by atoms with Gasteiger partial charge in [-0.05, 0) is 48.4 Å². The summed E-state index contributed by atoms with van der Waals surface area (Å²) in [6, 6.07) is 13.1. The SMILES string of the molecule is Oc1cccc(CC(O)CSc2ccc(F)cc2)c1. The molecule has 0 amide bonds. The zero-order chi connectivity index (χ0) is 13.7. The molecule has 0 bridgehead atoms. The van der Waals surface area contributed by atoms with Crippen LogP contribution in [0.1, 0.15) is 5.56 Å². The highest BCUT2D eigenvalue weighted by Gasteiger charge is 2.07. The minimum Gasteiger partial charge on any atom is -0.508 e. The lowest BCUT2D eigenvalue weighted by Crippen LogP contribution is -2.13. The molecule has 0 saturated heterocycles. The summed E-state index contributed by atoms with van der Waals surface area (Å²) in [5.41, 5.74) is 0.896. The molecule has 1 atom stereocenters. The Morgan fingerprint density at radius 1 is 1.11 bits per heavy atom. The summed E-state index contributed by atoms with van der Waals surface area (Å²) in [6.07, 6.45) is -0.0142. The molecule has 0 aliphatic carbocycles. The third-order valence-electron chi connectivity index (χ3n) is 2.64. The van der Waals surface area contributed by atoms with Crippen LogP contribution < -0.4 is 0 Å². The average Bonchev–Trinajstić information content (AvgIpc) is 2.38. The second-order valence-corrected chi connectivity index (χ2v) is 5.39. The number of halogens is 1. The first-order valence-electron chi connectivity index (χ1n) is 5.98. The molecule has 0 spiro atoms. The van der Waals surface area contributed by atoms with Crippen molar-refractivity contribution in [3.8, 4) is 5.75 Å². The summed E-state index contributed by atoms with van der Waals surface area (Å²) < 4.78 is 12.7. The Bertz CT molecular complexity index is 528. The first-order chi connectivity index (χ1) is 9.13. The fourth-order valence-electron chi connectivity index (χ4n) is 1.74. The lowest BCUT2D eigenvalue weighted by molar-refractivity contribution is 0.200. The number of phenolic OH excluding ortho intramolecular Hbond substituents is 1. The fourth-order valence-corrected chi connectivity index (χ4v) is 2.57. The highest BCUT2D eigenvalue weighted by atomic mass is 32.2. The van der Waals surface area contributed by atoms with Crippen LogP contribution >= 0.6 is 11.8 Å². The molecule has 2 aromatic rings. The number of aliphatic hydroxyl groups excluding tert-OH is 1. The van der Waals surface area contributed by atoms with E-state index in [0.29, 0.717) is 12.2 Å². The smallest absolute Gasteiger partial charge is 0.123 e. The van der Waals surface area contributed by atoms with Crippen molar-refractivity contribution < 1.29 is 14.6 Å². The number of thioether (sulfide) groups is 1. The molecule has 2 rings (SSSR count). The average molecular weight is 278 g/mol. The molecule has 0 fully saturated rings. The van der Waals surface area contributed by atoms with Gasteiger partial charge in [0, 0.05) is 10.6 Å². The van der Waals surface area contributed by atoms with Gasteiger partial charge in [-0.1, -0.05) is 12.1 Å². The van der Waals surface area contributed by atoms with Crippen molar-refractivity contribution in [3.05, 3.63) is 59.9 Å². The summed E-state index contributed by atoms with van der Waals surface area (Å²) in [4.78, 5) is 0.927. The third kappa shape index (κ3) is 4.58. The lowest BCUT2D eigenvalue weighted by Gasteiger charge is -2.10. The summed E-state index contributed by atoms with van der Waals surface area (Å²) in [5.74, 6) is 0.474. The van der Waals surface area contributed by atoms with E-state index < -0.39 is 6.10 Å². The zero-order valence-corrected chi connectivity index (χ0v) is 11.1. The van der Waals surface area contributed by atoms with Gasteiger partial charge in [-0.3, -0.25) is 0 Å². The van der Waals surface area contributed by atoms with E-state index in [0.717, 1.165) is 10.5 Å². The summed E-state index contributed by atoms with van der Waals surface area (Å²) in [6.45, 7) is 0. The molecular formula is C15H15FO2S. The standard InChI is InChI=1S/C15H15FO2S/c16-12-4-6-15(7-5-12)19-10-14(18)9-11-2-1-3-13(17)8-11/h1-8,14,17-18H,9-10H2. The first-order valence-corrected chi connectivity index (χ1v) is 6.96. The normalized spacial score (nSPS) is 12.3. The molecule has 1 unspecified atom stereocenters. The van der Waals surface area contributed by atoms with E-state index in [-0.39, 0.29) is 11.6 Å². The number of aliphatic hydroxyl groups is 1. The number of hydrogen-bond acceptors (Lipinski definition) is 3. The summed E-state index contributed by atoms with van der Waals surface area (Å²) >= 11 is 1.48. The maximum Gasteiger partial charge on any atom is 0.123 e. The predicted molar refractivity (Wildman–Crippen MR) is 74.9 cm³/mol. The summed E-state index contributed by atoms with van der Waals surface area (Å²) in [7, 11) is 0. The minimum absolute atomic E-state index is 0.205. The number of phenols is 1. The molecule has 4 heteroatoms. The van der Waals surface area contributed by atoms with Crippen LogP contribution in [0, 0.1) is 5.82 Å². The second kappa shape index (κ2) is 6.59. The molecule has 0 radical (unpaired) electrons. The third-order valence-corrected chi connectivity index (χ3v) is 3.79. The van der Waals surface area contributed by atoms with Gasteiger partial charge in [0.25, 0.3) is 0 Å². The number of rotatable bonds is 5. The van der Waals surface area contributed by atoms with E-state index in [1.807, 2.05) is 6.07 Å². The van der Waals surface area contributed by atoms with Gasteiger partial charge in [0.05, 0.1) is 6.10 Å². The van der Waals surface area contributed by atoms with Gasteiger partial charge < -0.3 is 10.2 Å². The van der Waals surface area contributed by atoms with Gasteiger partial charge in [-0.25, -0.2) is 4.39 Å². The van der Waals surface area contributed by atoms with Crippen molar-refractivity contribution in [1.82, 2.24) is 0 Å². The van der Waals surface area contributed by atoms with Crippen LogP contribution in [0.3, 0.4) is 0 Å². The van der Waals surface area contributed by atoms with Gasteiger partial charge in [0.1, 0.15) is 11.6 Å². The van der Waals surface area contributed by atoms with Crippen LogP contribution in [-0.4, -0.2) is 22.1 Å². The highest BCUT2D eigenvalue weighted by molar-refractivity contribution is 7.99. The Kier molecular flexibility index (Phi) is 4.82. The van der Waals surface area contributed by atoms with Crippen LogP contribution in [-0.2, 0) is 6.42 Å². The quantitative estimate of drug-likeness (QED) is 0.825. The first kappa shape index (κ1) is 13.9. The maximum absolute atomic E-state index is 12.7. The Labute approximate surface area is 115 Å². The molecule has 0 aliphatic rings. The molecule has 0 heterocycles. The topological polar surface area (TPSA) is 40.5 Å². The fraction of sp³-hybridized carbons (Fsp3) is 0.200. The molecular weight excluding hydrogens is 263 g/mol. The number of benzene rings is 2. The van der Waals surface area contributed by atoms with Crippen molar-refractivity contribution in [2.45, 2.75) is 17.4 Å². The van der Waals surface area contributed by atoms with Crippen molar-refractivity contribution in [1.29, 1.82) is 0 Å². The highest BCUT2D eigenvalue weighted by Crippen LogP contribution is 2.20. The molecule has 0 aliphatic heterocycles. The van der Waals surface area contributed by atoms with Crippen LogP contribution in [0.15, 0.2) is 53.4 Å². The molecule has 2 aromatic carbocycles. The molecule has 2 nitrogen and oxygen atoms in total. The summed E-state index contributed by atoms with van der Waals surface area (Å²) in [5, 5.41) is 19.3. The molecule has 0 saturated carbocycles. The minimum atomic E-state index is -0.503.